The Morgan fingerprint density at radius 2 is 0.757 bits per heavy atom. The van der Waals surface area contributed by atoms with Crippen LogP contribution in [0.4, 0.5) is 17.1 Å². The first-order valence-electron chi connectivity index (χ1n) is 11.7. The second-order valence-electron chi connectivity index (χ2n) is 6.48. The molecule has 3 aromatic rings. The zero-order chi connectivity index (χ0) is 28.1. The molecular weight excluding hydrogens is 551 g/mol. The first kappa shape index (κ1) is 38.4. The summed E-state index contributed by atoms with van der Waals surface area (Å²) in [5.74, 6) is 0. The molecule has 3 rings (SSSR count). The van der Waals surface area contributed by atoms with Gasteiger partial charge in [-0.25, -0.2) is 0 Å². The van der Waals surface area contributed by atoms with Gasteiger partial charge in [-0.2, -0.15) is 24.6 Å². The molecule has 0 unspecified atom stereocenters. The minimum atomic E-state index is -0.431. The van der Waals surface area contributed by atoms with Crippen molar-refractivity contribution in [3.05, 3.63) is 127 Å². The molecule has 0 aliphatic rings. The Morgan fingerprint density at radius 1 is 0.541 bits per heavy atom. The number of nitro groups is 3. The van der Waals surface area contributed by atoms with Crippen molar-refractivity contribution in [2.75, 3.05) is 0 Å². The fourth-order valence-corrected chi connectivity index (χ4v) is 2.32. The van der Waals surface area contributed by atoms with Crippen molar-refractivity contribution in [3.63, 3.8) is 0 Å². The van der Waals surface area contributed by atoms with Crippen LogP contribution in [0.1, 0.15) is 58.2 Å². The molecule has 0 heterocycles. The number of nitro benzene ring substituents is 3. The Hall–Kier alpha value is -3.17. The number of benzene rings is 3. The molecule has 0 amide bonds. The summed E-state index contributed by atoms with van der Waals surface area (Å²) >= 11 is 0. The predicted molar refractivity (Wildman–Crippen MR) is 145 cm³/mol. The number of nitrogens with zero attached hydrogens (tertiary/aromatic N) is 3. The van der Waals surface area contributed by atoms with Gasteiger partial charge < -0.3 is 0 Å². The average Bonchev–Trinajstić information content (AvgIpc) is 2.92. The van der Waals surface area contributed by atoms with E-state index in [2.05, 4.69) is 6.92 Å². The van der Waals surface area contributed by atoms with Gasteiger partial charge in [0.05, 0.1) is 14.8 Å². The van der Waals surface area contributed by atoms with Gasteiger partial charge in [-0.05, 0) is 36.1 Å². The third-order valence-corrected chi connectivity index (χ3v) is 4.26. The van der Waals surface area contributed by atoms with Crippen molar-refractivity contribution in [2.24, 2.45) is 0 Å². The Labute approximate surface area is 244 Å². The van der Waals surface area contributed by atoms with E-state index in [9.17, 15) is 30.3 Å². The Bertz CT molecular complexity index is 968. The third kappa shape index (κ3) is 17.0. The van der Waals surface area contributed by atoms with Crippen LogP contribution in [-0.4, -0.2) is 14.8 Å². The monoisotopic (exact) mass is 587 g/mol. The summed E-state index contributed by atoms with van der Waals surface area (Å²) in [5.41, 5.74) is 3.44. The molecule has 0 N–H and O–H groups in total. The smallest absolute Gasteiger partial charge is 0.258 e. The minimum Gasteiger partial charge on any atom is -0.258 e. The molecule has 0 aliphatic carbocycles. The normalized spacial score (nSPS) is 8.49. The molecule has 0 atom stereocenters. The van der Waals surface area contributed by atoms with Crippen molar-refractivity contribution in [1.29, 1.82) is 0 Å². The van der Waals surface area contributed by atoms with E-state index in [0.29, 0.717) is 0 Å². The molecule has 0 aromatic heterocycles. The maximum atomic E-state index is 10.2. The Morgan fingerprint density at radius 3 is 0.946 bits per heavy atom. The van der Waals surface area contributed by atoms with Crippen LogP contribution in [0.5, 0.6) is 0 Å². The Kier molecular flexibility index (Phi) is 24.1. The minimum absolute atomic E-state index is 0. The van der Waals surface area contributed by atoms with E-state index >= 15 is 0 Å². The van der Waals surface area contributed by atoms with E-state index in [0.717, 1.165) is 29.5 Å². The maximum absolute atomic E-state index is 10.2. The van der Waals surface area contributed by atoms with Crippen LogP contribution in [-0.2, 0) is 45.6 Å². The van der Waals surface area contributed by atoms with Gasteiger partial charge in [0.15, 0.2) is 0 Å². The van der Waals surface area contributed by atoms with Gasteiger partial charge >= 0.3 is 0 Å². The fourth-order valence-electron chi connectivity index (χ4n) is 2.32. The van der Waals surface area contributed by atoms with Crippen molar-refractivity contribution < 1.29 is 47.5 Å². The molecule has 0 spiro atoms. The molecule has 9 nitrogen and oxygen atoms in total. The van der Waals surface area contributed by atoms with E-state index in [1.807, 2.05) is 41.5 Å². The topological polar surface area (TPSA) is 129 Å². The van der Waals surface area contributed by atoms with Crippen molar-refractivity contribution in [2.45, 2.75) is 54.4 Å². The van der Waals surface area contributed by atoms with Crippen molar-refractivity contribution in [1.82, 2.24) is 0 Å². The zero-order valence-corrected chi connectivity index (χ0v) is 25.3. The van der Waals surface area contributed by atoms with E-state index in [-0.39, 0.29) is 59.6 Å². The molecule has 3 aromatic carbocycles. The Balaban J connectivity index is -0.000000433. The first-order valence-corrected chi connectivity index (χ1v) is 11.7. The van der Waals surface area contributed by atoms with Crippen LogP contribution >= 0.6 is 0 Å². The van der Waals surface area contributed by atoms with Gasteiger partial charge in [-0.15, -0.1) is 0 Å². The second kappa shape index (κ2) is 23.2. The molecule has 0 bridgehead atoms. The standard InChI is InChI=1S/2C8H9NO2.C7H6NO2.2C2H6.Y/c2*1-2-7-3-5-8(6-4-7)9(10)11;1-6-2-4-7(5-3-6)8(9)10;2*1-2;/h2*3-6H,2H2,1H3;2-5H,1H2;2*1-2H3;/q;;-1;;;. The summed E-state index contributed by atoms with van der Waals surface area (Å²) in [6.07, 6.45) is 1.83. The second-order valence-corrected chi connectivity index (χ2v) is 6.48. The van der Waals surface area contributed by atoms with Gasteiger partial charge in [0.2, 0.25) is 5.69 Å². The summed E-state index contributed by atoms with van der Waals surface area (Å²) in [7, 11) is 0. The molecule has 0 saturated carbocycles. The number of hydrogen-bond acceptors (Lipinski definition) is 6. The van der Waals surface area contributed by atoms with Gasteiger partial charge in [0, 0.05) is 57.0 Å². The van der Waals surface area contributed by atoms with Gasteiger partial charge in [0.1, 0.15) is 0 Å². The average molecular weight is 588 g/mol. The number of rotatable bonds is 5. The molecule has 37 heavy (non-hydrogen) atoms. The van der Waals surface area contributed by atoms with Crippen LogP contribution in [0, 0.1) is 37.3 Å². The first-order chi connectivity index (χ1) is 17.2. The van der Waals surface area contributed by atoms with Crippen LogP contribution in [0.3, 0.4) is 0 Å². The van der Waals surface area contributed by atoms with Gasteiger partial charge in [-0.1, -0.05) is 65.8 Å². The predicted octanol–water partition coefficient (Wildman–Crippen LogP) is 8.14. The summed E-state index contributed by atoms with van der Waals surface area (Å²) in [5, 5.41) is 30.5. The summed E-state index contributed by atoms with van der Waals surface area (Å²) in [6.45, 7) is 15.6. The van der Waals surface area contributed by atoms with E-state index in [1.54, 1.807) is 36.4 Å². The fraction of sp³-hybridized carbons (Fsp3) is 0.296. The van der Waals surface area contributed by atoms with Crippen LogP contribution < -0.4 is 0 Å². The molecule has 199 valence electrons. The number of non-ortho nitro benzene ring substituents is 3. The van der Waals surface area contributed by atoms with E-state index in [4.69, 9.17) is 0 Å². The SMILES string of the molecule is CC.CC.CCc1ccc([N+](=O)[O-])cc1.CCc1ccc([N+](=O)[O-])cc1.[CH2-]c1ccc([N+](=O)[O-])cc1.[Y]. The summed E-state index contributed by atoms with van der Waals surface area (Å²) < 4.78 is 0. The van der Waals surface area contributed by atoms with E-state index < -0.39 is 4.92 Å². The quantitative estimate of drug-likeness (QED) is 0.168. The van der Waals surface area contributed by atoms with Crippen molar-refractivity contribution in [3.8, 4) is 0 Å². The molecule has 0 fully saturated rings. The summed E-state index contributed by atoms with van der Waals surface area (Å²) in [4.78, 5) is 29.3. The van der Waals surface area contributed by atoms with Crippen LogP contribution in [0.15, 0.2) is 72.8 Å². The molecule has 0 saturated heterocycles. The maximum Gasteiger partial charge on any atom is 0.269 e. The van der Waals surface area contributed by atoms with Crippen molar-refractivity contribution >= 4 is 17.1 Å². The van der Waals surface area contributed by atoms with Gasteiger partial charge in [0.25, 0.3) is 11.4 Å². The molecule has 10 heteroatoms. The van der Waals surface area contributed by atoms with Crippen LogP contribution in [0.25, 0.3) is 0 Å². The van der Waals surface area contributed by atoms with E-state index in [1.165, 1.54) is 36.4 Å². The molecular formula is C27H36N3O6Y-. The molecule has 0 aliphatic heterocycles. The summed E-state index contributed by atoms with van der Waals surface area (Å²) in [6, 6.07) is 19.3. The van der Waals surface area contributed by atoms with Crippen LogP contribution in [0.2, 0.25) is 0 Å². The largest absolute Gasteiger partial charge is 0.269 e. The number of hydrogen-bond donors (Lipinski definition) is 0. The molecule has 1 radical (unpaired) electrons. The number of aryl methyl sites for hydroxylation is 2. The van der Waals surface area contributed by atoms with Gasteiger partial charge in [-0.3, -0.25) is 30.3 Å². The third-order valence-electron chi connectivity index (χ3n) is 4.26. The zero-order valence-electron chi connectivity index (χ0n) is 22.4.